The van der Waals surface area contributed by atoms with Gasteiger partial charge in [0.15, 0.2) is 0 Å². The molecule has 0 unspecified atom stereocenters. The lowest BCUT2D eigenvalue weighted by Crippen LogP contribution is -2.25. The Balaban J connectivity index is 2.36. The summed E-state index contributed by atoms with van der Waals surface area (Å²) in [7, 11) is 1.72. The van der Waals surface area contributed by atoms with Gasteiger partial charge in [-0.2, -0.15) is 0 Å². The van der Waals surface area contributed by atoms with E-state index >= 15 is 0 Å². The molecule has 108 valence electrons. The second kappa shape index (κ2) is 7.46. The molecule has 1 aromatic rings. The number of pyridine rings is 1. The van der Waals surface area contributed by atoms with Crippen LogP contribution in [0.4, 0.5) is 0 Å². The van der Waals surface area contributed by atoms with Crippen LogP contribution in [-0.2, 0) is 11.3 Å². The minimum absolute atomic E-state index is 0.152. The molecule has 4 heteroatoms. The van der Waals surface area contributed by atoms with Crippen molar-refractivity contribution in [2.24, 2.45) is 0 Å². The maximum atomic E-state index is 5.61. The molecule has 19 heavy (non-hydrogen) atoms. The second-order valence-corrected chi connectivity index (χ2v) is 5.60. The van der Waals surface area contributed by atoms with Gasteiger partial charge in [0, 0.05) is 38.4 Å². The molecular weight excluding hydrogens is 240 g/mol. The van der Waals surface area contributed by atoms with Crippen LogP contribution >= 0.6 is 0 Å². The minimum Gasteiger partial charge on any atom is -0.478 e. The normalized spacial score (nSPS) is 11.9. The van der Waals surface area contributed by atoms with Crippen LogP contribution < -0.4 is 10.1 Å². The number of rotatable bonds is 8. The standard InChI is InChI=1S/C15H26N2O2/c1-12(2)16-10-13-6-7-14(17-11-13)19-9-8-15(3,4)18-5/h6-7,11-12,16H,8-10H2,1-5H3. The highest BCUT2D eigenvalue weighted by atomic mass is 16.5. The van der Waals surface area contributed by atoms with Crippen molar-refractivity contribution in [1.82, 2.24) is 10.3 Å². The monoisotopic (exact) mass is 266 g/mol. The summed E-state index contributed by atoms with van der Waals surface area (Å²) in [6.45, 7) is 9.79. The van der Waals surface area contributed by atoms with Gasteiger partial charge in [-0.15, -0.1) is 0 Å². The first kappa shape index (κ1) is 15.9. The van der Waals surface area contributed by atoms with E-state index < -0.39 is 0 Å². The lowest BCUT2D eigenvalue weighted by Gasteiger charge is -2.22. The van der Waals surface area contributed by atoms with Crippen LogP contribution in [0.15, 0.2) is 18.3 Å². The molecular formula is C15H26N2O2. The summed E-state index contributed by atoms with van der Waals surface area (Å²) in [6.07, 6.45) is 2.69. The minimum atomic E-state index is -0.152. The van der Waals surface area contributed by atoms with Gasteiger partial charge in [0.05, 0.1) is 12.2 Å². The number of nitrogens with one attached hydrogen (secondary N) is 1. The highest BCUT2D eigenvalue weighted by Crippen LogP contribution is 2.14. The largest absolute Gasteiger partial charge is 0.478 e. The van der Waals surface area contributed by atoms with E-state index in [0.29, 0.717) is 18.5 Å². The molecule has 1 rings (SSSR count). The summed E-state index contributed by atoms with van der Waals surface area (Å²) < 4.78 is 11.0. The molecule has 0 atom stereocenters. The van der Waals surface area contributed by atoms with Crippen molar-refractivity contribution in [3.8, 4) is 5.88 Å². The highest BCUT2D eigenvalue weighted by Gasteiger charge is 2.16. The summed E-state index contributed by atoms with van der Waals surface area (Å²) in [5.41, 5.74) is 1.01. The van der Waals surface area contributed by atoms with E-state index in [1.807, 2.05) is 32.2 Å². The Morgan fingerprint density at radius 3 is 2.58 bits per heavy atom. The zero-order valence-corrected chi connectivity index (χ0v) is 12.7. The number of aromatic nitrogens is 1. The Hall–Kier alpha value is -1.13. The fourth-order valence-corrected chi connectivity index (χ4v) is 1.43. The number of methoxy groups -OCH3 is 1. The van der Waals surface area contributed by atoms with Gasteiger partial charge in [-0.1, -0.05) is 19.9 Å². The fourth-order valence-electron chi connectivity index (χ4n) is 1.43. The van der Waals surface area contributed by atoms with Crippen molar-refractivity contribution >= 4 is 0 Å². The third kappa shape index (κ3) is 6.55. The van der Waals surface area contributed by atoms with E-state index in [0.717, 1.165) is 13.0 Å². The molecule has 0 radical (unpaired) electrons. The van der Waals surface area contributed by atoms with Gasteiger partial charge >= 0.3 is 0 Å². The van der Waals surface area contributed by atoms with Gasteiger partial charge in [-0.05, 0) is 19.4 Å². The third-order valence-electron chi connectivity index (χ3n) is 3.02. The van der Waals surface area contributed by atoms with Gasteiger partial charge in [0.2, 0.25) is 5.88 Å². The Morgan fingerprint density at radius 2 is 2.05 bits per heavy atom. The van der Waals surface area contributed by atoms with E-state index in [9.17, 15) is 0 Å². The van der Waals surface area contributed by atoms with Crippen LogP contribution in [0.2, 0.25) is 0 Å². The third-order valence-corrected chi connectivity index (χ3v) is 3.02. The number of hydrogen-bond acceptors (Lipinski definition) is 4. The summed E-state index contributed by atoms with van der Waals surface area (Å²) in [6, 6.07) is 4.43. The fraction of sp³-hybridized carbons (Fsp3) is 0.667. The predicted molar refractivity (Wildman–Crippen MR) is 77.4 cm³/mol. The van der Waals surface area contributed by atoms with E-state index in [4.69, 9.17) is 9.47 Å². The Labute approximate surface area is 116 Å². The Bertz CT molecular complexity index is 361. The second-order valence-electron chi connectivity index (χ2n) is 5.60. The highest BCUT2D eigenvalue weighted by molar-refractivity contribution is 5.17. The molecule has 0 aromatic carbocycles. The Kier molecular flexibility index (Phi) is 6.25. The van der Waals surface area contributed by atoms with Crippen molar-refractivity contribution in [2.75, 3.05) is 13.7 Å². The maximum Gasteiger partial charge on any atom is 0.213 e. The first-order valence-electron chi connectivity index (χ1n) is 6.79. The first-order chi connectivity index (χ1) is 8.93. The van der Waals surface area contributed by atoms with Gasteiger partial charge in [0.1, 0.15) is 0 Å². The van der Waals surface area contributed by atoms with Gasteiger partial charge in [0.25, 0.3) is 0 Å². The maximum absolute atomic E-state index is 5.61. The van der Waals surface area contributed by atoms with Crippen LogP contribution in [0.5, 0.6) is 5.88 Å². The molecule has 0 spiro atoms. The summed E-state index contributed by atoms with van der Waals surface area (Å²) >= 11 is 0. The number of ether oxygens (including phenoxy) is 2. The van der Waals surface area contributed by atoms with Crippen molar-refractivity contribution in [3.63, 3.8) is 0 Å². The average Bonchev–Trinajstić information content (AvgIpc) is 2.37. The topological polar surface area (TPSA) is 43.4 Å². The predicted octanol–water partition coefficient (Wildman–Crippen LogP) is 2.77. The smallest absolute Gasteiger partial charge is 0.213 e. The van der Waals surface area contributed by atoms with Gasteiger partial charge in [-0.25, -0.2) is 4.98 Å². The van der Waals surface area contributed by atoms with Crippen molar-refractivity contribution < 1.29 is 9.47 Å². The number of hydrogen-bond donors (Lipinski definition) is 1. The summed E-state index contributed by atoms with van der Waals surface area (Å²) in [5.74, 6) is 0.667. The molecule has 1 aromatic heterocycles. The van der Waals surface area contributed by atoms with E-state index in [1.165, 1.54) is 5.56 Å². The first-order valence-corrected chi connectivity index (χ1v) is 6.79. The van der Waals surface area contributed by atoms with Crippen molar-refractivity contribution in [2.45, 2.75) is 52.3 Å². The SMILES string of the molecule is COC(C)(C)CCOc1ccc(CNC(C)C)cn1. The van der Waals surface area contributed by atoms with Crippen LogP contribution in [0.3, 0.4) is 0 Å². The van der Waals surface area contributed by atoms with E-state index in [1.54, 1.807) is 7.11 Å². The number of nitrogens with zero attached hydrogens (tertiary/aromatic N) is 1. The molecule has 0 saturated heterocycles. The molecule has 0 aliphatic heterocycles. The van der Waals surface area contributed by atoms with Crippen molar-refractivity contribution in [1.29, 1.82) is 0 Å². The summed E-state index contributed by atoms with van der Waals surface area (Å²) in [4.78, 5) is 4.30. The van der Waals surface area contributed by atoms with Crippen LogP contribution in [0.1, 0.15) is 39.7 Å². The molecule has 1 N–H and O–H groups in total. The Morgan fingerprint density at radius 1 is 1.32 bits per heavy atom. The molecule has 0 amide bonds. The lowest BCUT2D eigenvalue weighted by molar-refractivity contribution is 0.00508. The molecule has 0 aliphatic rings. The lowest BCUT2D eigenvalue weighted by atomic mass is 10.1. The van der Waals surface area contributed by atoms with E-state index in [2.05, 4.69) is 24.1 Å². The quantitative estimate of drug-likeness (QED) is 0.785. The molecule has 4 nitrogen and oxygen atoms in total. The van der Waals surface area contributed by atoms with Crippen LogP contribution in [0.25, 0.3) is 0 Å². The van der Waals surface area contributed by atoms with Crippen molar-refractivity contribution in [3.05, 3.63) is 23.9 Å². The van der Waals surface area contributed by atoms with Gasteiger partial charge < -0.3 is 14.8 Å². The molecule has 1 heterocycles. The van der Waals surface area contributed by atoms with Crippen LogP contribution in [0, 0.1) is 0 Å². The molecule has 0 fully saturated rings. The zero-order chi connectivity index (χ0) is 14.3. The average molecular weight is 266 g/mol. The molecule has 0 aliphatic carbocycles. The zero-order valence-electron chi connectivity index (χ0n) is 12.7. The molecule has 0 saturated carbocycles. The van der Waals surface area contributed by atoms with Gasteiger partial charge in [-0.3, -0.25) is 0 Å². The summed E-state index contributed by atoms with van der Waals surface area (Å²) in [5, 5.41) is 3.35. The van der Waals surface area contributed by atoms with Crippen LogP contribution in [-0.4, -0.2) is 30.3 Å². The molecule has 0 bridgehead atoms. The van der Waals surface area contributed by atoms with E-state index in [-0.39, 0.29) is 5.60 Å².